The molecule has 0 fully saturated rings. The minimum absolute atomic E-state index is 0.269. The SMILES string of the molecule is Oc1c(F)ccnc1-c1ccccc1. The van der Waals surface area contributed by atoms with Gasteiger partial charge in [-0.2, -0.15) is 0 Å². The highest BCUT2D eigenvalue weighted by Crippen LogP contribution is 2.28. The predicted octanol–water partition coefficient (Wildman–Crippen LogP) is 2.59. The normalized spacial score (nSPS) is 10.1. The van der Waals surface area contributed by atoms with Gasteiger partial charge in [0.15, 0.2) is 11.6 Å². The molecule has 0 aliphatic rings. The van der Waals surface area contributed by atoms with Gasteiger partial charge >= 0.3 is 0 Å². The molecule has 2 nitrogen and oxygen atoms in total. The van der Waals surface area contributed by atoms with Gasteiger partial charge in [0.25, 0.3) is 0 Å². The van der Waals surface area contributed by atoms with Crippen LogP contribution in [0.4, 0.5) is 4.39 Å². The summed E-state index contributed by atoms with van der Waals surface area (Å²) in [6, 6.07) is 10.1. The molecule has 14 heavy (non-hydrogen) atoms. The Morgan fingerprint density at radius 3 is 2.50 bits per heavy atom. The smallest absolute Gasteiger partial charge is 0.178 e. The summed E-state index contributed by atoms with van der Waals surface area (Å²) in [6.45, 7) is 0. The van der Waals surface area contributed by atoms with Crippen LogP contribution < -0.4 is 0 Å². The van der Waals surface area contributed by atoms with Gasteiger partial charge in [-0.05, 0) is 6.07 Å². The maximum absolute atomic E-state index is 13.0. The number of pyridine rings is 1. The highest BCUT2D eigenvalue weighted by molar-refractivity contribution is 5.65. The van der Waals surface area contributed by atoms with Crippen LogP contribution in [0, 0.1) is 5.82 Å². The Morgan fingerprint density at radius 1 is 1.07 bits per heavy atom. The molecular weight excluding hydrogens is 181 g/mol. The van der Waals surface area contributed by atoms with E-state index in [-0.39, 0.29) is 5.69 Å². The Labute approximate surface area is 80.7 Å². The zero-order valence-electron chi connectivity index (χ0n) is 7.31. The third kappa shape index (κ3) is 1.44. The Morgan fingerprint density at radius 2 is 1.79 bits per heavy atom. The monoisotopic (exact) mass is 189 g/mol. The second-order valence-corrected chi connectivity index (χ2v) is 2.86. The fourth-order valence-electron chi connectivity index (χ4n) is 1.24. The summed E-state index contributed by atoms with van der Waals surface area (Å²) in [4.78, 5) is 3.92. The van der Waals surface area contributed by atoms with Crippen LogP contribution >= 0.6 is 0 Å². The number of aromatic hydroxyl groups is 1. The molecule has 1 heterocycles. The fraction of sp³-hybridized carbons (Fsp3) is 0. The maximum atomic E-state index is 13.0. The summed E-state index contributed by atoms with van der Waals surface area (Å²) in [5.74, 6) is -1.06. The third-order valence-electron chi connectivity index (χ3n) is 1.92. The summed E-state index contributed by atoms with van der Waals surface area (Å²) < 4.78 is 13.0. The lowest BCUT2D eigenvalue weighted by molar-refractivity contribution is 0.432. The van der Waals surface area contributed by atoms with Gasteiger partial charge in [0.05, 0.1) is 0 Å². The zero-order valence-corrected chi connectivity index (χ0v) is 7.31. The van der Waals surface area contributed by atoms with E-state index >= 15 is 0 Å². The molecule has 0 saturated heterocycles. The summed E-state index contributed by atoms with van der Waals surface area (Å²) in [5, 5.41) is 9.41. The van der Waals surface area contributed by atoms with E-state index in [4.69, 9.17) is 0 Å². The van der Waals surface area contributed by atoms with Gasteiger partial charge < -0.3 is 5.11 Å². The van der Waals surface area contributed by atoms with E-state index in [9.17, 15) is 9.50 Å². The average Bonchev–Trinajstić information content (AvgIpc) is 2.23. The number of hydrogen-bond donors (Lipinski definition) is 1. The van der Waals surface area contributed by atoms with Crippen molar-refractivity contribution in [3.63, 3.8) is 0 Å². The van der Waals surface area contributed by atoms with Crippen LogP contribution in [0.5, 0.6) is 5.75 Å². The molecule has 0 saturated carbocycles. The van der Waals surface area contributed by atoms with Gasteiger partial charge in [-0.1, -0.05) is 30.3 Å². The molecule has 70 valence electrons. The number of aromatic nitrogens is 1. The molecular formula is C11H8FNO. The number of rotatable bonds is 1. The first-order valence-corrected chi connectivity index (χ1v) is 4.18. The van der Waals surface area contributed by atoms with Crippen LogP contribution in [0.2, 0.25) is 0 Å². The van der Waals surface area contributed by atoms with Crippen molar-refractivity contribution < 1.29 is 9.50 Å². The number of nitrogens with zero attached hydrogens (tertiary/aromatic N) is 1. The number of benzene rings is 1. The molecule has 1 aromatic carbocycles. The standard InChI is InChI=1S/C11H8FNO/c12-9-6-7-13-10(11(9)14)8-4-2-1-3-5-8/h1-7,14H. The third-order valence-corrected chi connectivity index (χ3v) is 1.92. The Kier molecular flexibility index (Phi) is 2.14. The van der Waals surface area contributed by atoms with Gasteiger partial charge in [0.2, 0.25) is 0 Å². The van der Waals surface area contributed by atoms with Gasteiger partial charge in [-0.15, -0.1) is 0 Å². The van der Waals surface area contributed by atoms with Gasteiger partial charge in [0, 0.05) is 11.8 Å². The van der Waals surface area contributed by atoms with Crippen molar-refractivity contribution in [3.8, 4) is 17.0 Å². The molecule has 2 rings (SSSR count). The Bertz CT molecular complexity index is 442. The molecule has 0 aliphatic heterocycles. The molecule has 0 atom stereocenters. The topological polar surface area (TPSA) is 33.1 Å². The summed E-state index contributed by atoms with van der Waals surface area (Å²) in [6.07, 6.45) is 1.33. The molecule has 0 bridgehead atoms. The molecule has 1 aromatic heterocycles. The first-order valence-electron chi connectivity index (χ1n) is 4.18. The van der Waals surface area contributed by atoms with Crippen molar-refractivity contribution in [2.45, 2.75) is 0 Å². The van der Waals surface area contributed by atoms with Crippen LogP contribution in [0.25, 0.3) is 11.3 Å². The van der Waals surface area contributed by atoms with Crippen LogP contribution in [0.15, 0.2) is 42.6 Å². The molecule has 0 amide bonds. The van der Waals surface area contributed by atoms with Crippen LogP contribution in [0.1, 0.15) is 0 Å². The lowest BCUT2D eigenvalue weighted by atomic mass is 10.1. The second-order valence-electron chi connectivity index (χ2n) is 2.86. The van der Waals surface area contributed by atoms with Crippen molar-refractivity contribution in [2.75, 3.05) is 0 Å². The van der Waals surface area contributed by atoms with E-state index in [1.165, 1.54) is 6.20 Å². The van der Waals surface area contributed by atoms with Gasteiger partial charge in [-0.25, -0.2) is 4.39 Å². The largest absolute Gasteiger partial charge is 0.503 e. The molecule has 0 aliphatic carbocycles. The van der Waals surface area contributed by atoms with Crippen LogP contribution in [-0.4, -0.2) is 10.1 Å². The zero-order chi connectivity index (χ0) is 9.97. The molecule has 0 radical (unpaired) electrons. The summed E-state index contributed by atoms with van der Waals surface area (Å²) in [7, 11) is 0. The minimum Gasteiger partial charge on any atom is -0.503 e. The first kappa shape index (κ1) is 8.69. The van der Waals surface area contributed by atoms with Gasteiger partial charge in [0.1, 0.15) is 5.69 Å². The Hall–Kier alpha value is -1.90. The van der Waals surface area contributed by atoms with E-state index in [1.807, 2.05) is 6.07 Å². The van der Waals surface area contributed by atoms with E-state index in [0.717, 1.165) is 6.07 Å². The Balaban J connectivity index is 2.58. The van der Waals surface area contributed by atoms with Crippen LogP contribution in [-0.2, 0) is 0 Å². The van der Waals surface area contributed by atoms with Crippen molar-refractivity contribution in [1.29, 1.82) is 0 Å². The van der Waals surface area contributed by atoms with Crippen molar-refractivity contribution in [1.82, 2.24) is 4.98 Å². The molecule has 0 unspecified atom stereocenters. The summed E-state index contributed by atoms with van der Waals surface area (Å²) >= 11 is 0. The lowest BCUT2D eigenvalue weighted by Gasteiger charge is -2.03. The van der Waals surface area contributed by atoms with Crippen molar-refractivity contribution in [3.05, 3.63) is 48.4 Å². The highest BCUT2D eigenvalue weighted by atomic mass is 19.1. The van der Waals surface area contributed by atoms with Gasteiger partial charge in [-0.3, -0.25) is 4.98 Å². The minimum atomic E-state index is -0.654. The number of hydrogen-bond acceptors (Lipinski definition) is 2. The number of halogens is 1. The molecule has 1 N–H and O–H groups in total. The first-order chi connectivity index (χ1) is 6.79. The average molecular weight is 189 g/mol. The quantitative estimate of drug-likeness (QED) is 0.747. The van der Waals surface area contributed by atoms with E-state index in [2.05, 4.69) is 4.98 Å². The van der Waals surface area contributed by atoms with Crippen molar-refractivity contribution in [2.24, 2.45) is 0 Å². The fourth-order valence-corrected chi connectivity index (χ4v) is 1.24. The van der Waals surface area contributed by atoms with Crippen LogP contribution in [0.3, 0.4) is 0 Å². The predicted molar refractivity (Wildman–Crippen MR) is 51.3 cm³/mol. The molecule has 3 heteroatoms. The van der Waals surface area contributed by atoms with E-state index < -0.39 is 11.6 Å². The van der Waals surface area contributed by atoms with E-state index in [1.54, 1.807) is 24.3 Å². The lowest BCUT2D eigenvalue weighted by Crippen LogP contribution is -1.86. The molecule has 0 spiro atoms. The summed E-state index contributed by atoms with van der Waals surface area (Å²) in [5.41, 5.74) is 0.968. The molecule has 2 aromatic rings. The second kappa shape index (κ2) is 3.46. The highest BCUT2D eigenvalue weighted by Gasteiger charge is 2.08. The maximum Gasteiger partial charge on any atom is 0.178 e. The van der Waals surface area contributed by atoms with Crippen molar-refractivity contribution >= 4 is 0 Å². The van der Waals surface area contributed by atoms with E-state index in [0.29, 0.717) is 5.56 Å².